The Morgan fingerprint density at radius 2 is 0.932 bits per heavy atom. The van der Waals surface area contributed by atoms with E-state index >= 15 is 0 Å². The van der Waals surface area contributed by atoms with Crippen molar-refractivity contribution in [3.63, 3.8) is 0 Å². The molecule has 0 N–H and O–H groups in total. The lowest BCUT2D eigenvalue weighted by atomic mass is 9.32. The minimum atomic E-state index is -0.118. The molecule has 1 aromatic heterocycles. The Morgan fingerprint density at radius 1 is 0.473 bits per heavy atom. The Morgan fingerprint density at radius 3 is 1.46 bits per heavy atom. The number of rotatable bonds is 3. The largest absolute Gasteiger partial charge is 0.460 e. The van der Waals surface area contributed by atoms with Gasteiger partial charge in [0.05, 0.1) is 0 Å². The number of benzene rings is 6. The van der Waals surface area contributed by atoms with Crippen molar-refractivity contribution in [1.82, 2.24) is 0 Å². The van der Waals surface area contributed by atoms with Crippen molar-refractivity contribution in [3.8, 4) is 0 Å². The fraction of sp³-hybridized carbons (Fsp3) is 0.429. The summed E-state index contributed by atoms with van der Waals surface area (Å²) in [6.45, 7) is 37.2. The predicted octanol–water partition coefficient (Wildman–Crippen LogP) is 17.2. The molecule has 7 aromatic rings. The van der Waals surface area contributed by atoms with Crippen LogP contribution in [0.5, 0.6) is 0 Å². The molecule has 4 heteroatoms. The van der Waals surface area contributed by atoms with Crippen molar-refractivity contribution in [3.05, 3.63) is 165 Å². The Labute approximate surface area is 443 Å². The van der Waals surface area contributed by atoms with Crippen molar-refractivity contribution < 1.29 is 4.42 Å². The molecule has 3 heterocycles. The molecule has 0 atom stereocenters. The van der Waals surface area contributed by atoms with E-state index in [0.717, 1.165) is 24.2 Å². The number of para-hydroxylation sites is 1. The van der Waals surface area contributed by atoms with Gasteiger partial charge in [-0.1, -0.05) is 158 Å². The van der Waals surface area contributed by atoms with Gasteiger partial charge < -0.3 is 14.2 Å². The lowest BCUT2D eigenvalue weighted by Crippen LogP contribution is -2.62. The standard InChI is InChI=1S/C70H79BN2O/c1-64(2,3)43-35-58-63-59(36-43)73(45-27-28-48-49(37-45)66(6,7)30-29-65(48,4)5)57-41-53-51(68(10,11)32-34-70(53,14)15)39-55(57)71(63)54-38-50-52(69(12,13)33-31-67(50,8)9)40-56(54)72(58)44-25-23-42(24-26-44)46-20-18-22-61-62(46)47-19-16-17-21-60(47)74-61/h16-17,19-21,23-28,35-41H,18,22,29-34H2,1-15H3. The van der Waals surface area contributed by atoms with Crippen LogP contribution >= 0.6 is 0 Å². The van der Waals surface area contributed by atoms with Crippen molar-refractivity contribution in [2.75, 3.05) is 9.80 Å². The first kappa shape index (κ1) is 47.9. The molecular weight excluding hydrogens is 896 g/mol. The molecule has 2 aliphatic heterocycles. The van der Waals surface area contributed by atoms with Gasteiger partial charge in [-0.3, -0.25) is 0 Å². The Kier molecular flexibility index (Phi) is 10.0. The fourth-order valence-electron chi connectivity index (χ4n) is 14.9. The topological polar surface area (TPSA) is 19.6 Å². The van der Waals surface area contributed by atoms with E-state index in [-0.39, 0.29) is 44.6 Å². The van der Waals surface area contributed by atoms with Gasteiger partial charge in [0.2, 0.25) is 0 Å². The highest BCUT2D eigenvalue weighted by atomic mass is 16.3. The van der Waals surface area contributed by atoms with Crippen molar-refractivity contribution >= 4 is 73.8 Å². The van der Waals surface area contributed by atoms with Crippen LogP contribution in [0.15, 0.2) is 114 Å². The molecule has 0 bridgehead atoms. The second kappa shape index (κ2) is 15.5. The van der Waals surface area contributed by atoms with Gasteiger partial charge in [-0.15, -0.1) is 0 Å². The SMILES string of the molecule is CC(C)(C)c1cc2c3c(c1)N(c1ccc4c(c1)C(C)(C)CCC4(C)C)c1cc4c(cc1B3c1cc3c(cc1N2c1ccc(C2=CCCc5oc6ccccc6c52)cc1)C(C)(C)CCC3(C)C)C(C)(C)CCC4(C)C. The maximum atomic E-state index is 6.50. The number of aryl methyl sites for hydroxylation is 1. The average molecular weight is 975 g/mol. The van der Waals surface area contributed by atoms with E-state index in [9.17, 15) is 0 Å². The van der Waals surface area contributed by atoms with Gasteiger partial charge in [0, 0.05) is 51.5 Å². The molecule has 6 aromatic carbocycles. The van der Waals surface area contributed by atoms with E-state index in [1.54, 1.807) is 0 Å². The van der Waals surface area contributed by atoms with Crippen LogP contribution in [0, 0.1) is 0 Å². The summed E-state index contributed by atoms with van der Waals surface area (Å²) in [5, 5.41) is 1.21. The summed E-state index contributed by atoms with van der Waals surface area (Å²) in [7, 11) is 0. The summed E-state index contributed by atoms with van der Waals surface area (Å²) in [5.74, 6) is 1.11. The summed E-state index contributed by atoms with van der Waals surface area (Å²) in [4.78, 5) is 5.44. The van der Waals surface area contributed by atoms with E-state index in [1.807, 2.05) is 0 Å². The van der Waals surface area contributed by atoms with Crippen LogP contribution in [0.1, 0.15) is 205 Å². The summed E-state index contributed by atoms with van der Waals surface area (Å²) in [5.41, 5.74) is 27.5. The Hall–Kier alpha value is -5.74. The lowest BCUT2D eigenvalue weighted by molar-refractivity contribution is 0.332. The highest BCUT2D eigenvalue weighted by Gasteiger charge is 2.49. The van der Waals surface area contributed by atoms with Crippen molar-refractivity contribution in [2.45, 2.75) is 193 Å². The monoisotopic (exact) mass is 975 g/mol. The summed E-state index contributed by atoms with van der Waals surface area (Å²) in [6.07, 6.45) is 11.4. The highest BCUT2D eigenvalue weighted by molar-refractivity contribution is 7.00. The third kappa shape index (κ3) is 6.97. The molecular formula is C70H79BN2O. The van der Waals surface area contributed by atoms with Crippen molar-refractivity contribution in [1.29, 1.82) is 0 Å². The van der Waals surface area contributed by atoms with E-state index in [4.69, 9.17) is 4.42 Å². The molecule has 6 aliphatic rings. The molecule has 74 heavy (non-hydrogen) atoms. The third-order valence-electron chi connectivity index (χ3n) is 20.1. The maximum Gasteiger partial charge on any atom is 0.252 e. The maximum absolute atomic E-state index is 6.50. The van der Waals surface area contributed by atoms with Crippen LogP contribution in [0.4, 0.5) is 34.1 Å². The molecule has 4 aliphatic carbocycles. The van der Waals surface area contributed by atoms with E-state index in [1.165, 1.54) is 150 Å². The molecule has 0 unspecified atom stereocenters. The van der Waals surface area contributed by atoms with Gasteiger partial charge >= 0.3 is 0 Å². The molecule has 3 nitrogen and oxygen atoms in total. The summed E-state index contributed by atoms with van der Waals surface area (Å²) in [6, 6.07) is 41.8. The number of fused-ring (bicyclic) bond motifs is 10. The zero-order chi connectivity index (χ0) is 52.0. The first-order chi connectivity index (χ1) is 34.8. The van der Waals surface area contributed by atoms with E-state index in [2.05, 4.69) is 223 Å². The molecule has 0 amide bonds. The van der Waals surface area contributed by atoms with E-state index in [0.29, 0.717) is 0 Å². The lowest BCUT2D eigenvalue weighted by Gasteiger charge is -2.49. The number of hydrogen-bond donors (Lipinski definition) is 0. The smallest absolute Gasteiger partial charge is 0.252 e. The van der Waals surface area contributed by atoms with Crippen LogP contribution in [0.3, 0.4) is 0 Å². The number of anilines is 6. The molecule has 0 fully saturated rings. The highest BCUT2D eigenvalue weighted by Crippen LogP contribution is 2.55. The predicted molar refractivity (Wildman–Crippen MR) is 317 cm³/mol. The number of nitrogens with zero attached hydrogens (tertiary/aromatic N) is 2. The van der Waals surface area contributed by atoms with Crippen LogP contribution in [0.25, 0.3) is 16.5 Å². The van der Waals surface area contributed by atoms with Gasteiger partial charge in [0.25, 0.3) is 6.71 Å². The third-order valence-corrected chi connectivity index (χ3v) is 20.1. The van der Waals surface area contributed by atoms with Crippen molar-refractivity contribution in [2.24, 2.45) is 0 Å². The number of allylic oxidation sites excluding steroid dienone is 1. The minimum Gasteiger partial charge on any atom is -0.460 e. The van der Waals surface area contributed by atoms with Crippen LogP contribution in [-0.4, -0.2) is 6.71 Å². The summed E-state index contributed by atoms with van der Waals surface area (Å²) >= 11 is 0. The second-order valence-electron chi connectivity index (χ2n) is 28.8. The first-order valence-electron chi connectivity index (χ1n) is 28.4. The normalized spacial score (nSPS) is 20.9. The molecule has 0 spiro atoms. The second-order valence-corrected chi connectivity index (χ2v) is 28.8. The van der Waals surface area contributed by atoms with Crippen LogP contribution in [-0.2, 0) is 44.3 Å². The Bertz CT molecular complexity index is 3560. The quantitative estimate of drug-likeness (QED) is 0.165. The molecule has 378 valence electrons. The van der Waals surface area contributed by atoms with Gasteiger partial charge in [0.15, 0.2) is 0 Å². The Balaban J connectivity index is 1.12. The number of furan rings is 1. The first-order valence-corrected chi connectivity index (χ1v) is 28.4. The van der Waals surface area contributed by atoms with Crippen LogP contribution in [0.2, 0.25) is 0 Å². The fourth-order valence-corrected chi connectivity index (χ4v) is 14.9. The van der Waals surface area contributed by atoms with Gasteiger partial charge in [0.1, 0.15) is 11.3 Å². The summed E-state index contributed by atoms with van der Waals surface area (Å²) < 4.78 is 6.50. The zero-order valence-electron chi connectivity index (χ0n) is 47.4. The molecule has 0 saturated heterocycles. The van der Waals surface area contributed by atoms with Gasteiger partial charge in [-0.2, -0.15) is 0 Å². The minimum absolute atomic E-state index is 0.0382. The van der Waals surface area contributed by atoms with E-state index < -0.39 is 0 Å². The average Bonchev–Trinajstić information content (AvgIpc) is 3.77. The molecule has 0 saturated carbocycles. The molecule has 13 rings (SSSR count). The zero-order valence-corrected chi connectivity index (χ0v) is 47.4. The van der Waals surface area contributed by atoms with Crippen LogP contribution < -0.4 is 26.2 Å². The molecule has 0 radical (unpaired) electrons. The van der Waals surface area contributed by atoms with Gasteiger partial charge in [-0.25, -0.2) is 0 Å². The number of hydrogen-bond acceptors (Lipinski definition) is 3. The van der Waals surface area contributed by atoms with Gasteiger partial charge in [-0.05, 0) is 204 Å².